The van der Waals surface area contributed by atoms with Crippen LogP contribution in [-0.2, 0) is 4.79 Å². The highest BCUT2D eigenvalue weighted by atomic mass is 16.2. The molecule has 4 heteroatoms. The number of piperidine rings is 1. The van der Waals surface area contributed by atoms with Crippen molar-refractivity contribution in [1.29, 1.82) is 0 Å². The Balaban J connectivity index is 1.59. The summed E-state index contributed by atoms with van der Waals surface area (Å²) in [6.07, 6.45) is 9.60. The number of rotatable bonds is 4. The zero-order chi connectivity index (χ0) is 13.9. The number of nitrogens with one attached hydrogen (secondary N) is 1. The average molecular weight is 279 g/mol. The van der Waals surface area contributed by atoms with Crippen molar-refractivity contribution in [1.82, 2.24) is 15.1 Å². The van der Waals surface area contributed by atoms with Crippen LogP contribution >= 0.6 is 0 Å². The highest BCUT2D eigenvalue weighted by Gasteiger charge is 2.38. The molecule has 0 aromatic carbocycles. The summed E-state index contributed by atoms with van der Waals surface area (Å²) in [4.78, 5) is 16.9. The molecule has 0 spiro atoms. The van der Waals surface area contributed by atoms with Crippen LogP contribution in [0.2, 0.25) is 0 Å². The Morgan fingerprint density at radius 3 is 2.55 bits per heavy atom. The molecule has 4 nitrogen and oxygen atoms in total. The van der Waals surface area contributed by atoms with E-state index in [1.54, 1.807) is 0 Å². The largest absolute Gasteiger partial charge is 0.324 e. The van der Waals surface area contributed by atoms with Gasteiger partial charge >= 0.3 is 0 Å². The summed E-state index contributed by atoms with van der Waals surface area (Å²) in [5, 5.41) is 3.46. The van der Waals surface area contributed by atoms with Gasteiger partial charge in [-0.2, -0.15) is 0 Å². The maximum atomic E-state index is 12.2. The number of carbonyl (C=O) groups excluding carboxylic acids is 1. The highest BCUT2D eigenvalue weighted by molar-refractivity contribution is 5.80. The monoisotopic (exact) mass is 279 g/mol. The lowest BCUT2D eigenvalue weighted by molar-refractivity contribution is -0.129. The first-order valence-corrected chi connectivity index (χ1v) is 8.52. The molecule has 0 bridgehead atoms. The minimum absolute atomic E-state index is 0.311. The third-order valence-corrected chi connectivity index (χ3v) is 5.44. The predicted molar refractivity (Wildman–Crippen MR) is 80.3 cm³/mol. The van der Waals surface area contributed by atoms with Crippen LogP contribution in [0.3, 0.4) is 0 Å². The fraction of sp³-hybridized carbons (Fsp3) is 0.938. The number of hydrogen-bond acceptors (Lipinski definition) is 3. The zero-order valence-electron chi connectivity index (χ0n) is 12.8. The SMILES string of the molecule is CC(CN1C(=O)CNC1C1CCCC1)N1CCCCC1. The van der Waals surface area contributed by atoms with E-state index >= 15 is 0 Å². The molecule has 3 fully saturated rings. The van der Waals surface area contributed by atoms with Crippen molar-refractivity contribution < 1.29 is 4.79 Å². The summed E-state index contributed by atoms with van der Waals surface area (Å²) in [5.74, 6) is 1.00. The Morgan fingerprint density at radius 1 is 1.15 bits per heavy atom. The van der Waals surface area contributed by atoms with Crippen LogP contribution in [-0.4, -0.2) is 54.1 Å². The first-order chi connectivity index (χ1) is 9.75. The molecule has 2 atom stereocenters. The molecule has 1 amide bonds. The fourth-order valence-corrected chi connectivity index (χ4v) is 4.23. The van der Waals surface area contributed by atoms with Crippen molar-refractivity contribution in [2.45, 2.75) is 64.1 Å². The maximum Gasteiger partial charge on any atom is 0.237 e. The van der Waals surface area contributed by atoms with E-state index in [-0.39, 0.29) is 0 Å². The molecule has 20 heavy (non-hydrogen) atoms. The maximum absolute atomic E-state index is 12.2. The van der Waals surface area contributed by atoms with Gasteiger partial charge < -0.3 is 4.90 Å². The van der Waals surface area contributed by atoms with E-state index in [1.807, 2.05) is 0 Å². The Bertz CT molecular complexity index is 335. The van der Waals surface area contributed by atoms with Gasteiger partial charge in [-0.3, -0.25) is 15.0 Å². The third kappa shape index (κ3) is 3.01. The van der Waals surface area contributed by atoms with Crippen molar-refractivity contribution in [3.05, 3.63) is 0 Å². The minimum atomic E-state index is 0.311. The Hall–Kier alpha value is -0.610. The summed E-state index contributed by atoms with van der Waals surface area (Å²) in [7, 11) is 0. The Labute approximate surface area is 122 Å². The van der Waals surface area contributed by atoms with E-state index in [0.29, 0.717) is 30.6 Å². The van der Waals surface area contributed by atoms with E-state index in [9.17, 15) is 4.79 Å². The molecule has 2 unspecified atom stereocenters. The lowest BCUT2D eigenvalue weighted by atomic mass is 10.0. The minimum Gasteiger partial charge on any atom is -0.324 e. The fourth-order valence-electron chi connectivity index (χ4n) is 4.23. The van der Waals surface area contributed by atoms with Crippen LogP contribution in [0, 0.1) is 5.92 Å². The molecule has 0 aromatic rings. The summed E-state index contributed by atoms with van der Waals surface area (Å²) >= 11 is 0. The van der Waals surface area contributed by atoms with Crippen LogP contribution in [0.1, 0.15) is 51.9 Å². The van der Waals surface area contributed by atoms with Gasteiger partial charge in [0.1, 0.15) is 0 Å². The van der Waals surface area contributed by atoms with E-state index < -0.39 is 0 Å². The predicted octanol–water partition coefficient (Wildman–Crippen LogP) is 1.81. The second-order valence-electron chi connectivity index (χ2n) is 6.86. The topological polar surface area (TPSA) is 35.6 Å². The van der Waals surface area contributed by atoms with E-state index in [0.717, 1.165) is 6.54 Å². The summed E-state index contributed by atoms with van der Waals surface area (Å²) in [5.41, 5.74) is 0. The molecule has 3 aliphatic rings. The van der Waals surface area contributed by atoms with Crippen molar-refractivity contribution in [3.63, 3.8) is 0 Å². The quantitative estimate of drug-likeness (QED) is 0.852. The molecule has 1 saturated carbocycles. The van der Waals surface area contributed by atoms with Crippen molar-refractivity contribution in [3.8, 4) is 0 Å². The zero-order valence-corrected chi connectivity index (χ0v) is 12.8. The number of amides is 1. The van der Waals surface area contributed by atoms with Crippen LogP contribution in [0.4, 0.5) is 0 Å². The van der Waals surface area contributed by atoms with Crippen LogP contribution < -0.4 is 5.32 Å². The van der Waals surface area contributed by atoms with Gasteiger partial charge in [0.15, 0.2) is 0 Å². The molecular formula is C16H29N3O. The van der Waals surface area contributed by atoms with Crippen LogP contribution in [0.25, 0.3) is 0 Å². The van der Waals surface area contributed by atoms with Gasteiger partial charge in [0.2, 0.25) is 5.91 Å². The molecule has 1 N–H and O–H groups in total. The molecule has 1 aliphatic carbocycles. The third-order valence-electron chi connectivity index (χ3n) is 5.44. The first kappa shape index (κ1) is 14.3. The van der Waals surface area contributed by atoms with Gasteiger partial charge in [0.25, 0.3) is 0 Å². The van der Waals surface area contributed by atoms with Crippen molar-refractivity contribution >= 4 is 5.91 Å². The van der Waals surface area contributed by atoms with E-state index in [4.69, 9.17) is 0 Å². The Morgan fingerprint density at radius 2 is 1.85 bits per heavy atom. The smallest absolute Gasteiger partial charge is 0.237 e. The summed E-state index contributed by atoms with van der Waals surface area (Å²) in [6.45, 7) is 6.18. The van der Waals surface area contributed by atoms with E-state index in [2.05, 4.69) is 22.0 Å². The normalized spacial score (nSPS) is 31.1. The number of nitrogens with zero attached hydrogens (tertiary/aromatic N) is 2. The Kier molecular flexibility index (Phi) is 4.61. The molecule has 0 radical (unpaired) electrons. The van der Waals surface area contributed by atoms with Gasteiger partial charge in [-0.15, -0.1) is 0 Å². The van der Waals surface area contributed by atoms with Gasteiger partial charge in [0.05, 0.1) is 12.7 Å². The van der Waals surface area contributed by atoms with Crippen LogP contribution in [0.5, 0.6) is 0 Å². The van der Waals surface area contributed by atoms with Crippen molar-refractivity contribution in [2.24, 2.45) is 5.92 Å². The standard InChI is InChI=1S/C16H29N3O/c1-13(18-9-5-2-6-10-18)12-19-15(20)11-17-16(19)14-7-3-4-8-14/h13-14,16-17H,2-12H2,1H3. The number of carbonyl (C=O) groups is 1. The average Bonchev–Trinajstić information content (AvgIpc) is 3.11. The lowest BCUT2D eigenvalue weighted by Gasteiger charge is -2.37. The second kappa shape index (κ2) is 6.44. The van der Waals surface area contributed by atoms with E-state index in [1.165, 1.54) is 58.0 Å². The molecule has 0 aromatic heterocycles. The summed E-state index contributed by atoms with van der Waals surface area (Å²) in [6, 6.07) is 0.503. The van der Waals surface area contributed by atoms with Crippen molar-refractivity contribution in [2.75, 3.05) is 26.2 Å². The van der Waals surface area contributed by atoms with Gasteiger partial charge in [0, 0.05) is 12.6 Å². The molecule has 114 valence electrons. The lowest BCUT2D eigenvalue weighted by Crippen LogP contribution is -2.50. The second-order valence-corrected chi connectivity index (χ2v) is 6.86. The first-order valence-electron chi connectivity index (χ1n) is 8.52. The van der Waals surface area contributed by atoms with Gasteiger partial charge in [-0.25, -0.2) is 0 Å². The highest BCUT2D eigenvalue weighted by Crippen LogP contribution is 2.31. The number of likely N-dealkylation sites (tertiary alicyclic amines) is 1. The van der Waals surface area contributed by atoms with Crippen LogP contribution in [0.15, 0.2) is 0 Å². The molecule has 3 rings (SSSR count). The number of hydrogen-bond donors (Lipinski definition) is 1. The molecule has 2 aliphatic heterocycles. The molecule has 2 saturated heterocycles. The molecular weight excluding hydrogens is 250 g/mol. The summed E-state index contributed by atoms with van der Waals surface area (Å²) < 4.78 is 0. The molecule has 2 heterocycles. The van der Waals surface area contributed by atoms with Gasteiger partial charge in [-0.1, -0.05) is 19.3 Å². The van der Waals surface area contributed by atoms with Gasteiger partial charge in [-0.05, 0) is 51.6 Å².